The molecule has 182 valence electrons. The molecule has 0 bridgehead atoms. The van der Waals surface area contributed by atoms with Crippen molar-refractivity contribution in [3.8, 4) is 12.3 Å². The van der Waals surface area contributed by atoms with Gasteiger partial charge < -0.3 is 19.9 Å². The number of likely N-dealkylation sites (N-methyl/N-ethyl adjacent to an activating group) is 1. The average molecular weight is 474 g/mol. The standard InChI is InChI=1S/C25H30F3N5O/c1-4-5-6-18-16(2)7-8-20(33(3)14-17-9-11-34-12-10-17)22(18)32-24-19-13-21(25(26,27)28)31-23(19)29-15-30-24/h1,5-6,13,15,17,20,22H,7-12,14H2,2-3H3,(H2,29,30,31,32)/b6-5-. The van der Waals surface area contributed by atoms with Crippen LogP contribution in [0.25, 0.3) is 11.0 Å². The van der Waals surface area contributed by atoms with Crippen LogP contribution in [0.2, 0.25) is 0 Å². The van der Waals surface area contributed by atoms with Gasteiger partial charge in [0.15, 0.2) is 0 Å². The molecule has 2 aliphatic rings. The molecule has 0 spiro atoms. The van der Waals surface area contributed by atoms with Crippen LogP contribution in [0, 0.1) is 18.3 Å². The lowest BCUT2D eigenvalue weighted by atomic mass is 9.83. The minimum atomic E-state index is -4.49. The Kier molecular flexibility index (Phi) is 7.29. The quantitative estimate of drug-likeness (QED) is 0.591. The molecule has 2 unspecified atom stereocenters. The molecule has 1 aliphatic heterocycles. The summed E-state index contributed by atoms with van der Waals surface area (Å²) in [7, 11) is 2.12. The van der Waals surface area contributed by atoms with Crippen LogP contribution in [0.4, 0.5) is 19.0 Å². The Morgan fingerprint density at radius 3 is 2.76 bits per heavy atom. The summed E-state index contributed by atoms with van der Waals surface area (Å²) >= 11 is 0. The Morgan fingerprint density at radius 2 is 2.06 bits per heavy atom. The average Bonchev–Trinajstić information content (AvgIpc) is 3.26. The van der Waals surface area contributed by atoms with E-state index in [9.17, 15) is 13.2 Å². The van der Waals surface area contributed by atoms with Gasteiger partial charge in [0, 0.05) is 25.8 Å². The van der Waals surface area contributed by atoms with Crippen molar-refractivity contribution in [2.75, 3.05) is 32.1 Å². The van der Waals surface area contributed by atoms with Crippen molar-refractivity contribution in [1.29, 1.82) is 0 Å². The number of H-pyrrole nitrogens is 1. The monoisotopic (exact) mass is 473 g/mol. The lowest BCUT2D eigenvalue weighted by Gasteiger charge is -2.41. The van der Waals surface area contributed by atoms with E-state index in [2.05, 4.69) is 45.1 Å². The van der Waals surface area contributed by atoms with Gasteiger partial charge in [0.2, 0.25) is 0 Å². The van der Waals surface area contributed by atoms with Gasteiger partial charge in [-0.05, 0) is 69.4 Å². The van der Waals surface area contributed by atoms with E-state index < -0.39 is 11.9 Å². The van der Waals surface area contributed by atoms with Crippen LogP contribution in [0.5, 0.6) is 0 Å². The highest BCUT2D eigenvalue weighted by Crippen LogP contribution is 2.35. The highest BCUT2D eigenvalue weighted by Gasteiger charge is 2.35. The van der Waals surface area contributed by atoms with Gasteiger partial charge in [0.05, 0.1) is 11.4 Å². The van der Waals surface area contributed by atoms with E-state index in [1.54, 1.807) is 6.08 Å². The predicted molar refractivity (Wildman–Crippen MR) is 126 cm³/mol. The van der Waals surface area contributed by atoms with E-state index in [0.717, 1.165) is 57.1 Å². The molecule has 0 radical (unpaired) electrons. The fourth-order valence-corrected chi connectivity index (χ4v) is 5.01. The van der Waals surface area contributed by atoms with Crippen LogP contribution in [-0.2, 0) is 10.9 Å². The van der Waals surface area contributed by atoms with Crippen LogP contribution in [-0.4, -0.2) is 58.7 Å². The fraction of sp³-hybridized carbons (Fsp3) is 0.520. The van der Waals surface area contributed by atoms with Crippen LogP contribution in [0.3, 0.4) is 0 Å². The molecule has 4 rings (SSSR count). The fourth-order valence-electron chi connectivity index (χ4n) is 5.01. The van der Waals surface area contributed by atoms with E-state index in [1.165, 1.54) is 11.9 Å². The number of aromatic amines is 1. The largest absolute Gasteiger partial charge is 0.431 e. The predicted octanol–water partition coefficient (Wildman–Crippen LogP) is 4.78. The van der Waals surface area contributed by atoms with Crippen molar-refractivity contribution in [3.63, 3.8) is 0 Å². The summed E-state index contributed by atoms with van der Waals surface area (Å²) in [4.78, 5) is 13.0. The Hall–Kier alpha value is -2.83. The molecule has 2 N–H and O–H groups in total. The first-order chi connectivity index (χ1) is 16.3. The summed E-state index contributed by atoms with van der Waals surface area (Å²) in [6, 6.07) is 0.995. The molecule has 34 heavy (non-hydrogen) atoms. The normalized spacial score (nSPS) is 22.6. The summed E-state index contributed by atoms with van der Waals surface area (Å²) in [6.07, 6.45) is 9.78. The number of hydrogen-bond donors (Lipinski definition) is 2. The van der Waals surface area contributed by atoms with E-state index in [4.69, 9.17) is 11.2 Å². The molecule has 1 aliphatic carbocycles. The number of nitrogens with zero attached hydrogens (tertiary/aromatic N) is 3. The van der Waals surface area contributed by atoms with Gasteiger partial charge in [-0.1, -0.05) is 11.5 Å². The van der Waals surface area contributed by atoms with Gasteiger partial charge >= 0.3 is 6.18 Å². The zero-order valence-corrected chi connectivity index (χ0v) is 19.5. The van der Waals surface area contributed by atoms with Crippen LogP contribution in [0.1, 0.15) is 38.3 Å². The van der Waals surface area contributed by atoms with Gasteiger partial charge in [-0.3, -0.25) is 0 Å². The second kappa shape index (κ2) is 10.2. The third-order valence-electron chi connectivity index (χ3n) is 6.86. The highest BCUT2D eigenvalue weighted by molar-refractivity contribution is 5.88. The van der Waals surface area contributed by atoms with Crippen LogP contribution >= 0.6 is 0 Å². The number of terminal acetylenes is 1. The van der Waals surface area contributed by atoms with E-state index >= 15 is 0 Å². The molecule has 0 amide bonds. The third kappa shape index (κ3) is 5.29. The summed E-state index contributed by atoms with van der Waals surface area (Å²) in [5.74, 6) is 3.48. The molecule has 0 saturated carbocycles. The van der Waals surface area contributed by atoms with Crippen molar-refractivity contribution >= 4 is 16.9 Å². The van der Waals surface area contributed by atoms with Crippen molar-refractivity contribution in [1.82, 2.24) is 19.9 Å². The van der Waals surface area contributed by atoms with E-state index in [0.29, 0.717) is 17.1 Å². The zero-order chi connectivity index (χ0) is 24.3. The smallest absolute Gasteiger partial charge is 0.381 e. The summed E-state index contributed by atoms with van der Waals surface area (Å²) in [6.45, 7) is 4.58. The number of alkyl halides is 3. The first-order valence-electron chi connectivity index (χ1n) is 11.6. The molecule has 2 aromatic rings. The number of anilines is 1. The lowest BCUT2D eigenvalue weighted by Crippen LogP contribution is -2.50. The van der Waals surface area contributed by atoms with Crippen molar-refractivity contribution in [3.05, 3.63) is 41.4 Å². The van der Waals surface area contributed by atoms with Gasteiger partial charge in [0.25, 0.3) is 0 Å². The maximum Gasteiger partial charge on any atom is 0.431 e. The number of aromatic nitrogens is 3. The van der Waals surface area contributed by atoms with Crippen molar-refractivity contribution in [2.24, 2.45) is 5.92 Å². The molecule has 2 atom stereocenters. The molecule has 1 saturated heterocycles. The van der Waals surface area contributed by atoms with E-state index in [1.807, 2.05) is 6.08 Å². The maximum absolute atomic E-state index is 13.3. The molecule has 2 aromatic heterocycles. The lowest BCUT2D eigenvalue weighted by molar-refractivity contribution is -0.140. The van der Waals surface area contributed by atoms with E-state index in [-0.39, 0.29) is 17.7 Å². The molecule has 6 nitrogen and oxygen atoms in total. The summed E-state index contributed by atoms with van der Waals surface area (Å²) in [5.41, 5.74) is 1.55. The Bertz CT molecular complexity index is 1110. The zero-order valence-electron chi connectivity index (χ0n) is 19.5. The van der Waals surface area contributed by atoms with Gasteiger partial charge in [0.1, 0.15) is 23.5 Å². The second-order valence-corrected chi connectivity index (χ2v) is 9.12. The second-order valence-electron chi connectivity index (χ2n) is 9.12. The first-order valence-corrected chi connectivity index (χ1v) is 11.6. The first kappa shape index (κ1) is 24.3. The molecule has 0 aromatic carbocycles. The summed E-state index contributed by atoms with van der Waals surface area (Å²) < 4.78 is 45.4. The number of halogens is 3. The molecule has 9 heteroatoms. The number of ether oxygens (including phenoxy) is 1. The van der Waals surface area contributed by atoms with Crippen molar-refractivity contribution in [2.45, 2.75) is 50.9 Å². The van der Waals surface area contributed by atoms with Crippen LogP contribution in [0.15, 0.2) is 35.7 Å². The van der Waals surface area contributed by atoms with Gasteiger partial charge in [-0.15, -0.1) is 6.42 Å². The van der Waals surface area contributed by atoms with Gasteiger partial charge in [-0.25, -0.2) is 9.97 Å². The minimum Gasteiger partial charge on any atom is -0.381 e. The Balaban J connectivity index is 1.68. The highest BCUT2D eigenvalue weighted by atomic mass is 19.4. The number of nitrogens with one attached hydrogen (secondary N) is 2. The molecule has 3 heterocycles. The number of allylic oxidation sites excluding steroid dienone is 2. The Morgan fingerprint density at radius 1 is 1.29 bits per heavy atom. The SMILES string of the molecule is C#C/C=C\C1=C(C)CCC(N(C)CC2CCOCC2)C1Nc1ncnc2[nH]c(C(F)(F)F)cc12. The van der Waals surface area contributed by atoms with Gasteiger partial charge in [-0.2, -0.15) is 13.2 Å². The number of fused-ring (bicyclic) bond motifs is 1. The summed E-state index contributed by atoms with van der Waals surface area (Å²) in [5, 5.41) is 3.77. The molecular formula is C25H30F3N5O. The number of hydrogen-bond acceptors (Lipinski definition) is 5. The number of rotatable bonds is 6. The minimum absolute atomic E-state index is 0.120. The van der Waals surface area contributed by atoms with Crippen LogP contribution < -0.4 is 5.32 Å². The van der Waals surface area contributed by atoms with Crippen molar-refractivity contribution < 1.29 is 17.9 Å². The molecule has 1 fully saturated rings. The topological polar surface area (TPSA) is 66.1 Å². The molecular weight excluding hydrogens is 443 g/mol. The Labute approximate surface area is 197 Å². The maximum atomic E-state index is 13.3. The third-order valence-corrected chi connectivity index (χ3v) is 6.86.